The number of carboxylic acids is 2. The van der Waals surface area contributed by atoms with Crippen molar-refractivity contribution in [3.63, 3.8) is 0 Å². The molecule has 1 amide bonds. The maximum Gasteiger partial charge on any atom is 0.335 e. The van der Waals surface area contributed by atoms with Gasteiger partial charge in [-0.15, -0.1) is 11.6 Å². The highest BCUT2D eigenvalue weighted by Crippen LogP contribution is 2.62. The number of aromatic carboxylic acids is 2. The number of hydrogen-bond acceptors (Lipinski definition) is 6. The fourth-order valence-corrected chi connectivity index (χ4v) is 8.59. The molecule has 0 radical (unpaired) electrons. The number of hydrogen-bond donors (Lipinski definition) is 4. The molecule has 2 saturated heterocycles. The molecule has 2 fully saturated rings. The zero-order chi connectivity index (χ0) is 37.7. The number of methoxy groups -OCH3 is 1. The lowest BCUT2D eigenvalue weighted by Crippen LogP contribution is -2.45. The summed E-state index contributed by atoms with van der Waals surface area (Å²) >= 11 is 13.3. The standard InChI is InChI=1S/C40H42Cl2FN3O6/c1-21(22-9-11-23(12-10-22)37(48)49)46-20-40(27-15-14-25(41)18-30(27)46)32(19-39(2,3)4)45-35(33(40)26-7-6-8-28(42)34(26)43)36(47)44-29-16-13-24(38(50)51)17-31(29)52-5/h6-13,15-18,21,25,32-33,35,45H,14,19-20H2,1-5H3,(H,44,47)(H,48,49)(H,50,51)/t21-,25?,32-,33-,35+,40-/m0/s1. The van der Waals surface area contributed by atoms with Gasteiger partial charge in [0.15, 0.2) is 0 Å². The van der Waals surface area contributed by atoms with E-state index < -0.39 is 41.0 Å². The van der Waals surface area contributed by atoms with Crippen molar-refractivity contribution < 1.29 is 33.7 Å². The topological polar surface area (TPSA) is 128 Å². The van der Waals surface area contributed by atoms with E-state index >= 15 is 4.39 Å². The number of allylic oxidation sites excluding steroid dienone is 3. The predicted octanol–water partition coefficient (Wildman–Crippen LogP) is 8.27. The van der Waals surface area contributed by atoms with E-state index in [2.05, 4.69) is 42.4 Å². The Morgan fingerprint density at radius 3 is 2.38 bits per heavy atom. The Morgan fingerprint density at radius 1 is 1.08 bits per heavy atom. The number of ether oxygens (including phenoxy) is 1. The molecule has 3 aromatic rings. The fourth-order valence-electron chi connectivity index (χ4n) is 8.20. The van der Waals surface area contributed by atoms with Crippen LogP contribution in [-0.2, 0) is 4.79 Å². The minimum absolute atomic E-state index is 0.00387. The quantitative estimate of drug-likeness (QED) is 0.161. The number of anilines is 1. The van der Waals surface area contributed by atoms with Crippen LogP contribution in [0.2, 0.25) is 5.02 Å². The SMILES string of the molecule is COc1cc(C(=O)O)ccc1NC(=O)[C@@H]1N[C@@H](CC(C)(C)C)[C@@]2(CN([C@@H](C)c3ccc(C(=O)O)cc3)C3=CC(Cl)CC=C32)[C@H]1c1cccc(Cl)c1F. The van der Waals surface area contributed by atoms with Gasteiger partial charge < -0.3 is 30.5 Å². The molecule has 2 heterocycles. The van der Waals surface area contributed by atoms with Gasteiger partial charge in [0.1, 0.15) is 11.6 Å². The third-order valence-electron chi connectivity index (χ3n) is 10.5. The summed E-state index contributed by atoms with van der Waals surface area (Å²) in [7, 11) is 1.39. The van der Waals surface area contributed by atoms with Gasteiger partial charge in [-0.05, 0) is 84.4 Å². The number of nitrogens with zero attached hydrogens (tertiary/aromatic N) is 1. The molecule has 274 valence electrons. The molecule has 2 aliphatic heterocycles. The lowest BCUT2D eigenvalue weighted by atomic mass is 9.62. The van der Waals surface area contributed by atoms with Gasteiger partial charge >= 0.3 is 11.9 Å². The monoisotopic (exact) mass is 749 g/mol. The summed E-state index contributed by atoms with van der Waals surface area (Å²) in [6, 6.07) is 14.3. The van der Waals surface area contributed by atoms with E-state index in [4.69, 9.17) is 27.9 Å². The summed E-state index contributed by atoms with van der Waals surface area (Å²) in [5.41, 5.74) is 2.38. The Bertz CT molecular complexity index is 1980. The van der Waals surface area contributed by atoms with Crippen molar-refractivity contribution in [2.45, 2.75) is 70.0 Å². The smallest absolute Gasteiger partial charge is 0.335 e. The first-order valence-corrected chi connectivity index (χ1v) is 18.0. The molecule has 0 saturated carbocycles. The van der Waals surface area contributed by atoms with Gasteiger partial charge in [0, 0.05) is 29.6 Å². The van der Waals surface area contributed by atoms with E-state index in [0.29, 0.717) is 24.9 Å². The van der Waals surface area contributed by atoms with Crippen LogP contribution in [0.5, 0.6) is 5.75 Å². The number of amides is 1. The average molecular weight is 751 g/mol. The van der Waals surface area contributed by atoms with Crippen molar-refractivity contribution in [2.24, 2.45) is 10.8 Å². The number of carbonyl (C=O) groups is 3. The van der Waals surface area contributed by atoms with Crippen molar-refractivity contribution in [3.05, 3.63) is 117 Å². The molecule has 6 rings (SSSR count). The van der Waals surface area contributed by atoms with E-state index in [-0.39, 0.29) is 50.5 Å². The molecule has 1 aliphatic carbocycles. The third kappa shape index (κ3) is 6.79. The molecule has 1 spiro atoms. The van der Waals surface area contributed by atoms with Crippen LogP contribution >= 0.6 is 23.2 Å². The third-order valence-corrected chi connectivity index (χ3v) is 11.1. The summed E-state index contributed by atoms with van der Waals surface area (Å²) in [4.78, 5) is 40.2. The zero-order valence-electron chi connectivity index (χ0n) is 29.5. The van der Waals surface area contributed by atoms with E-state index in [0.717, 1.165) is 16.8 Å². The summed E-state index contributed by atoms with van der Waals surface area (Å²) in [5, 5.41) is 25.3. The minimum atomic E-state index is -1.14. The first-order valence-electron chi connectivity index (χ1n) is 17.1. The second-order valence-electron chi connectivity index (χ2n) is 15.0. The molecule has 3 aliphatic rings. The van der Waals surface area contributed by atoms with E-state index in [1.54, 1.807) is 36.4 Å². The molecule has 1 unspecified atom stereocenters. The van der Waals surface area contributed by atoms with Crippen LogP contribution in [0.3, 0.4) is 0 Å². The van der Waals surface area contributed by atoms with Crippen molar-refractivity contribution in [2.75, 3.05) is 19.0 Å². The second-order valence-corrected chi connectivity index (χ2v) is 16.0. The van der Waals surface area contributed by atoms with Crippen LogP contribution in [0.15, 0.2) is 84.1 Å². The van der Waals surface area contributed by atoms with Crippen molar-refractivity contribution in [1.82, 2.24) is 10.2 Å². The number of likely N-dealkylation sites (tertiary alicyclic amines) is 1. The van der Waals surface area contributed by atoms with Crippen LogP contribution in [0.25, 0.3) is 0 Å². The lowest BCUT2D eigenvalue weighted by molar-refractivity contribution is -0.118. The van der Waals surface area contributed by atoms with Crippen LogP contribution in [0.4, 0.5) is 10.1 Å². The molecule has 9 nitrogen and oxygen atoms in total. The summed E-state index contributed by atoms with van der Waals surface area (Å²) in [6.07, 6.45) is 5.30. The molecule has 52 heavy (non-hydrogen) atoms. The maximum atomic E-state index is 16.5. The van der Waals surface area contributed by atoms with Crippen molar-refractivity contribution >= 4 is 46.7 Å². The summed E-state index contributed by atoms with van der Waals surface area (Å²) in [6.45, 7) is 8.80. The van der Waals surface area contributed by atoms with Crippen LogP contribution in [0, 0.1) is 16.6 Å². The first-order chi connectivity index (χ1) is 24.5. The average Bonchev–Trinajstić information content (AvgIpc) is 3.59. The zero-order valence-corrected chi connectivity index (χ0v) is 31.1. The molecular weight excluding hydrogens is 708 g/mol. The number of carboxylic acid groups (broad SMARTS) is 2. The van der Waals surface area contributed by atoms with Gasteiger partial charge in [-0.2, -0.15) is 0 Å². The van der Waals surface area contributed by atoms with E-state index in [1.165, 1.54) is 31.4 Å². The lowest BCUT2D eigenvalue weighted by Gasteiger charge is -2.41. The molecule has 12 heteroatoms. The van der Waals surface area contributed by atoms with Gasteiger partial charge in [0.05, 0.1) is 46.4 Å². The Morgan fingerprint density at radius 2 is 1.75 bits per heavy atom. The van der Waals surface area contributed by atoms with Gasteiger partial charge in [-0.3, -0.25) is 4.79 Å². The number of rotatable bonds is 9. The van der Waals surface area contributed by atoms with Crippen molar-refractivity contribution in [1.29, 1.82) is 0 Å². The van der Waals surface area contributed by atoms with Crippen LogP contribution in [-0.4, -0.2) is 64.1 Å². The molecule has 3 aromatic carbocycles. The highest BCUT2D eigenvalue weighted by Gasteiger charge is 2.64. The highest BCUT2D eigenvalue weighted by atomic mass is 35.5. The van der Waals surface area contributed by atoms with Gasteiger partial charge in [0.25, 0.3) is 0 Å². The minimum Gasteiger partial charge on any atom is -0.495 e. The first kappa shape index (κ1) is 37.4. The Balaban J connectivity index is 1.52. The molecular formula is C40H42Cl2FN3O6. The normalized spacial score (nSPS) is 24.6. The number of fused-ring (bicyclic) bond motifs is 2. The summed E-state index contributed by atoms with van der Waals surface area (Å²) in [5.74, 6) is -3.82. The van der Waals surface area contributed by atoms with Gasteiger partial charge in [0.2, 0.25) is 5.91 Å². The largest absolute Gasteiger partial charge is 0.495 e. The summed E-state index contributed by atoms with van der Waals surface area (Å²) < 4.78 is 21.9. The highest BCUT2D eigenvalue weighted by molar-refractivity contribution is 6.30. The maximum absolute atomic E-state index is 16.5. The number of carbonyl (C=O) groups excluding carboxylic acids is 1. The Hall–Kier alpha value is -4.38. The predicted molar refractivity (Wildman–Crippen MR) is 199 cm³/mol. The number of alkyl halides is 1. The number of nitrogens with one attached hydrogen (secondary N) is 2. The Kier molecular flexibility index (Phi) is 10.2. The van der Waals surface area contributed by atoms with Gasteiger partial charge in [-0.1, -0.05) is 62.7 Å². The molecule has 6 atom stereocenters. The van der Waals surface area contributed by atoms with Crippen LogP contribution < -0.4 is 15.4 Å². The van der Waals surface area contributed by atoms with Crippen molar-refractivity contribution in [3.8, 4) is 5.75 Å². The number of benzene rings is 3. The van der Waals surface area contributed by atoms with E-state index in [1.807, 2.05) is 13.0 Å². The number of halogens is 3. The van der Waals surface area contributed by atoms with Crippen LogP contribution in [0.1, 0.15) is 84.3 Å². The van der Waals surface area contributed by atoms with Gasteiger partial charge in [-0.25, -0.2) is 14.0 Å². The molecule has 0 aromatic heterocycles. The van der Waals surface area contributed by atoms with E-state index in [9.17, 15) is 24.6 Å². The molecule has 0 bridgehead atoms. The Labute approximate surface area is 312 Å². The second kappa shape index (κ2) is 14.2. The fraction of sp³-hybridized carbons (Fsp3) is 0.375. The molecule has 4 N–H and O–H groups in total.